The summed E-state index contributed by atoms with van der Waals surface area (Å²) in [6, 6.07) is 18.1. The molecule has 4 heteroatoms. The highest BCUT2D eigenvalue weighted by Gasteiger charge is 2.18. The SMILES string of the molecule is CC(C(=O)NCc1ccccc1N(C)C)N(C)Cc1ccccc1. The molecule has 24 heavy (non-hydrogen) atoms. The largest absolute Gasteiger partial charge is 0.377 e. The lowest BCUT2D eigenvalue weighted by molar-refractivity contribution is -0.125. The molecule has 4 nitrogen and oxygen atoms in total. The van der Waals surface area contributed by atoms with E-state index in [1.54, 1.807) is 0 Å². The maximum absolute atomic E-state index is 12.5. The summed E-state index contributed by atoms with van der Waals surface area (Å²) in [7, 11) is 6.00. The van der Waals surface area contributed by atoms with Gasteiger partial charge < -0.3 is 10.2 Å². The molecule has 0 heterocycles. The number of hydrogen-bond donors (Lipinski definition) is 1. The van der Waals surface area contributed by atoms with Crippen LogP contribution in [-0.2, 0) is 17.9 Å². The lowest BCUT2D eigenvalue weighted by Gasteiger charge is -2.24. The van der Waals surface area contributed by atoms with Crippen LogP contribution in [0.4, 0.5) is 5.69 Å². The smallest absolute Gasteiger partial charge is 0.237 e. The van der Waals surface area contributed by atoms with E-state index in [2.05, 4.69) is 33.3 Å². The topological polar surface area (TPSA) is 35.6 Å². The van der Waals surface area contributed by atoms with Crippen molar-refractivity contribution in [1.82, 2.24) is 10.2 Å². The van der Waals surface area contributed by atoms with E-state index < -0.39 is 0 Å². The van der Waals surface area contributed by atoms with Gasteiger partial charge in [-0.05, 0) is 31.2 Å². The van der Waals surface area contributed by atoms with Crippen molar-refractivity contribution in [2.24, 2.45) is 0 Å². The maximum atomic E-state index is 12.5. The van der Waals surface area contributed by atoms with Crippen LogP contribution in [0.1, 0.15) is 18.1 Å². The lowest BCUT2D eigenvalue weighted by atomic mass is 10.1. The second-order valence-electron chi connectivity index (χ2n) is 6.32. The third-order valence-electron chi connectivity index (χ3n) is 4.24. The molecule has 0 aliphatic rings. The van der Waals surface area contributed by atoms with Gasteiger partial charge in [-0.2, -0.15) is 0 Å². The molecule has 0 fully saturated rings. The summed E-state index contributed by atoms with van der Waals surface area (Å²) in [6.45, 7) is 3.23. The van der Waals surface area contributed by atoms with Gasteiger partial charge in [-0.1, -0.05) is 48.5 Å². The average molecular weight is 325 g/mol. The Morgan fingerprint density at radius 2 is 1.62 bits per heavy atom. The minimum atomic E-state index is -0.184. The molecule has 1 atom stereocenters. The third-order valence-corrected chi connectivity index (χ3v) is 4.24. The first-order valence-electron chi connectivity index (χ1n) is 8.26. The molecule has 0 bridgehead atoms. The van der Waals surface area contributed by atoms with Crippen molar-refractivity contribution in [3.05, 3.63) is 65.7 Å². The number of nitrogens with zero attached hydrogens (tertiary/aromatic N) is 2. The van der Waals surface area contributed by atoms with E-state index >= 15 is 0 Å². The summed E-state index contributed by atoms with van der Waals surface area (Å²) in [5, 5.41) is 3.05. The van der Waals surface area contributed by atoms with E-state index in [-0.39, 0.29) is 11.9 Å². The van der Waals surface area contributed by atoms with Gasteiger partial charge in [0, 0.05) is 32.9 Å². The summed E-state index contributed by atoms with van der Waals surface area (Å²) in [4.78, 5) is 16.6. The van der Waals surface area contributed by atoms with Crippen LogP contribution in [0.3, 0.4) is 0 Å². The molecule has 1 amide bonds. The number of carbonyl (C=O) groups is 1. The number of carbonyl (C=O) groups excluding carboxylic acids is 1. The van der Waals surface area contributed by atoms with Crippen molar-refractivity contribution < 1.29 is 4.79 Å². The van der Waals surface area contributed by atoms with E-state index in [1.807, 2.05) is 64.5 Å². The van der Waals surface area contributed by atoms with E-state index in [9.17, 15) is 4.79 Å². The fourth-order valence-electron chi connectivity index (χ4n) is 2.64. The number of benzene rings is 2. The van der Waals surface area contributed by atoms with Crippen LogP contribution < -0.4 is 10.2 Å². The van der Waals surface area contributed by atoms with E-state index in [0.29, 0.717) is 6.54 Å². The Morgan fingerprint density at radius 3 is 2.29 bits per heavy atom. The van der Waals surface area contributed by atoms with Gasteiger partial charge in [0.2, 0.25) is 5.91 Å². The summed E-state index contributed by atoms with van der Waals surface area (Å²) in [5.41, 5.74) is 3.45. The highest BCUT2D eigenvalue weighted by Crippen LogP contribution is 2.17. The molecule has 2 rings (SSSR count). The Bertz CT molecular complexity index is 655. The van der Waals surface area contributed by atoms with Crippen LogP contribution in [0, 0.1) is 0 Å². The fraction of sp³-hybridized carbons (Fsp3) is 0.350. The number of nitrogens with one attached hydrogen (secondary N) is 1. The number of para-hydroxylation sites is 1. The third kappa shape index (κ3) is 4.83. The molecule has 0 radical (unpaired) electrons. The molecule has 0 aromatic heterocycles. The van der Waals surface area contributed by atoms with Crippen molar-refractivity contribution in [3.63, 3.8) is 0 Å². The van der Waals surface area contributed by atoms with Crippen LogP contribution in [0.25, 0.3) is 0 Å². The van der Waals surface area contributed by atoms with E-state index in [4.69, 9.17) is 0 Å². The molecule has 1 N–H and O–H groups in total. The van der Waals surface area contributed by atoms with Crippen LogP contribution in [-0.4, -0.2) is 38.0 Å². The van der Waals surface area contributed by atoms with Gasteiger partial charge in [-0.15, -0.1) is 0 Å². The molecule has 0 saturated heterocycles. The first-order chi connectivity index (χ1) is 11.5. The van der Waals surface area contributed by atoms with E-state index in [0.717, 1.165) is 17.8 Å². The summed E-state index contributed by atoms with van der Waals surface area (Å²) in [5.74, 6) is 0.0435. The molecule has 0 aliphatic carbocycles. The van der Waals surface area contributed by atoms with Crippen molar-refractivity contribution >= 4 is 11.6 Å². The van der Waals surface area contributed by atoms with Gasteiger partial charge in [0.05, 0.1) is 6.04 Å². The molecule has 0 aliphatic heterocycles. The summed E-state index contributed by atoms with van der Waals surface area (Å²) < 4.78 is 0. The van der Waals surface area contributed by atoms with Gasteiger partial charge in [0.1, 0.15) is 0 Å². The zero-order chi connectivity index (χ0) is 17.5. The van der Waals surface area contributed by atoms with Crippen molar-refractivity contribution in [2.75, 3.05) is 26.0 Å². The van der Waals surface area contributed by atoms with Gasteiger partial charge >= 0.3 is 0 Å². The average Bonchev–Trinajstić information content (AvgIpc) is 2.60. The number of hydrogen-bond acceptors (Lipinski definition) is 3. The van der Waals surface area contributed by atoms with Gasteiger partial charge in [0.25, 0.3) is 0 Å². The second-order valence-corrected chi connectivity index (χ2v) is 6.32. The summed E-state index contributed by atoms with van der Waals surface area (Å²) in [6.07, 6.45) is 0. The Balaban J connectivity index is 1.92. The van der Waals surface area contributed by atoms with E-state index in [1.165, 1.54) is 5.56 Å². The number of anilines is 1. The first-order valence-corrected chi connectivity index (χ1v) is 8.26. The second kappa shape index (κ2) is 8.50. The molecular formula is C20H27N3O. The zero-order valence-corrected chi connectivity index (χ0v) is 15.0. The Labute approximate surface area is 145 Å². The molecular weight excluding hydrogens is 298 g/mol. The van der Waals surface area contributed by atoms with Gasteiger partial charge in [0.15, 0.2) is 0 Å². The summed E-state index contributed by atoms with van der Waals surface area (Å²) >= 11 is 0. The van der Waals surface area contributed by atoms with Crippen molar-refractivity contribution in [3.8, 4) is 0 Å². The van der Waals surface area contributed by atoms with Crippen LogP contribution >= 0.6 is 0 Å². The molecule has 0 saturated carbocycles. The number of amides is 1. The minimum Gasteiger partial charge on any atom is -0.377 e. The maximum Gasteiger partial charge on any atom is 0.237 e. The van der Waals surface area contributed by atoms with Crippen molar-refractivity contribution in [1.29, 1.82) is 0 Å². The Hall–Kier alpha value is -2.33. The zero-order valence-electron chi connectivity index (χ0n) is 15.0. The number of rotatable bonds is 7. The molecule has 128 valence electrons. The van der Waals surface area contributed by atoms with Crippen molar-refractivity contribution in [2.45, 2.75) is 26.1 Å². The normalized spacial score (nSPS) is 12.0. The number of likely N-dealkylation sites (N-methyl/N-ethyl adjacent to an activating group) is 1. The predicted molar refractivity (Wildman–Crippen MR) is 100.0 cm³/mol. The van der Waals surface area contributed by atoms with Crippen LogP contribution in [0.5, 0.6) is 0 Å². The quantitative estimate of drug-likeness (QED) is 0.850. The Kier molecular flexibility index (Phi) is 6.38. The highest BCUT2D eigenvalue weighted by molar-refractivity contribution is 5.81. The van der Waals surface area contributed by atoms with Crippen LogP contribution in [0.2, 0.25) is 0 Å². The Morgan fingerprint density at radius 1 is 1.00 bits per heavy atom. The first kappa shape index (κ1) is 18.0. The standard InChI is InChI=1S/C20H27N3O/c1-16(23(4)15-17-10-6-5-7-11-17)20(24)21-14-18-12-8-9-13-19(18)22(2)3/h5-13,16H,14-15H2,1-4H3,(H,21,24). The minimum absolute atomic E-state index is 0.0435. The van der Waals surface area contributed by atoms with Gasteiger partial charge in [-0.3, -0.25) is 9.69 Å². The molecule has 1 unspecified atom stereocenters. The molecule has 2 aromatic carbocycles. The molecule has 0 spiro atoms. The van der Waals surface area contributed by atoms with Crippen LogP contribution in [0.15, 0.2) is 54.6 Å². The highest BCUT2D eigenvalue weighted by atomic mass is 16.2. The van der Waals surface area contributed by atoms with Gasteiger partial charge in [-0.25, -0.2) is 0 Å². The fourth-order valence-corrected chi connectivity index (χ4v) is 2.64. The predicted octanol–water partition coefficient (Wildman–Crippen LogP) is 2.89. The molecule has 2 aromatic rings. The lowest BCUT2D eigenvalue weighted by Crippen LogP contribution is -2.42. The monoisotopic (exact) mass is 325 g/mol.